The van der Waals surface area contributed by atoms with Gasteiger partial charge in [0.05, 0.1) is 22.9 Å². The van der Waals surface area contributed by atoms with Crippen molar-refractivity contribution in [3.8, 4) is 22.6 Å². The minimum Gasteiger partial charge on any atom is -0.485 e. The third kappa shape index (κ3) is 5.03. The average molecular weight is 464 g/mol. The van der Waals surface area contributed by atoms with E-state index in [-0.39, 0.29) is 34.4 Å². The first-order valence-electron chi connectivity index (χ1n) is 9.68. The van der Waals surface area contributed by atoms with Gasteiger partial charge in [-0.05, 0) is 35.7 Å². The van der Waals surface area contributed by atoms with Crippen LogP contribution in [0.3, 0.4) is 0 Å². The third-order valence-electron chi connectivity index (χ3n) is 4.84. The summed E-state index contributed by atoms with van der Waals surface area (Å²) in [5.41, 5.74) is -0.0582. The molecule has 32 heavy (non-hydrogen) atoms. The van der Waals surface area contributed by atoms with Crippen LogP contribution in [-0.4, -0.2) is 42.3 Å². The van der Waals surface area contributed by atoms with E-state index in [1.807, 2.05) is 0 Å². The van der Waals surface area contributed by atoms with Crippen LogP contribution < -0.4 is 10.3 Å². The topological polar surface area (TPSA) is 98.5 Å². The summed E-state index contributed by atoms with van der Waals surface area (Å²) in [5, 5.41) is 14.2. The zero-order chi connectivity index (χ0) is 23.6. The van der Waals surface area contributed by atoms with Crippen molar-refractivity contribution in [2.45, 2.75) is 24.8 Å². The van der Waals surface area contributed by atoms with E-state index in [0.29, 0.717) is 5.56 Å². The Morgan fingerprint density at radius 3 is 2.31 bits per heavy atom. The molecule has 0 unspecified atom stereocenters. The summed E-state index contributed by atoms with van der Waals surface area (Å²) in [6.45, 7) is 3.37. The molecule has 0 aliphatic heterocycles. The van der Waals surface area contributed by atoms with Gasteiger partial charge in [0.15, 0.2) is 27.2 Å². The van der Waals surface area contributed by atoms with Crippen LogP contribution in [0.5, 0.6) is 5.75 Å². The number of sulfone groups is 1. The molecule has 7 nitrogen and oxygen atoms in total. The fraction of sp³-hybridized carbons (Fsp3) is 0.273. The molecule has 0 bridgehead atoms. The fourth-order valence-corrected chi connectivity index (χ4v) is 3.46. The second-order valence-electron chi connectivity index (χ2n) is 7.62. The summed E-state index contributed by atoms with van der Waals surface area (Å²) >= 11 is 0. The summed E-state index contributed by atoms with van der Waals surface area (Å²) < 4.78 is 56.9. The summed E-state index contributed by atoms with van der Waals surface area (Å²) in [6.07, 6.45) is 1.52. The van der Waals surface area contributed by atoms with Gasteiger partial charge in [0, 0.05) is 17.9 Å². The van der Waals surface area contributed by atoms with Gasteiger partial charge < -0.3 is 9.84 Å². The lowest BCUT2D eigenvalue weighted by molar-refractivity contribution is 0.0695. The lowest BCUT2D eigenvalue weighted by Crippen LogP contribution is -2.28. The zero-order valence-electron chi connectivity index (χ0n) is 17.6. The van der Waals surface area contributed by atoms with Crippen LogP contribution >= 0.6 is 0 Å². The number of hydrogen-bond donors (Lipinski definition) is 1. The molecule has 1 aromatic heterocycles. The standard InChI is InChI=1S/C22H22F2N2O5S/c1-13(2)20(27)12-31-21-17(14-4-7-16(8-5-14)32(3,29)30)11-25-26(22(21)28)15-6-9-18(23)19(24)10-15/h4-11,13,20,27H,12H2,1-3H3/t20-/m1/s1. The van der Waals surface area contributed by atoms with Crippen LogP contribution in [0.1, 0.15) is 13.8 Å². The van der Waals surface area contributed by atoms with Gasteiger partial charge in [0.2, 0.25) is 0 Å². The maximum atomic E-state index is 13.7. The zero-order valence-corrected chi connectivity index (χ0v) is 18.4. The average Bonchev–Trinajstić information content (AvgIpc) is 2.74. The highest BCUT2D eigenvalue weighted by Gasteiger charge is 2.19. The molecule has 3 rings (SSSR count). The molecule has 1 N–H and O–H groups in total. The molecule has 1 atom stereocenters. The molecule has 3 aromatic rings. The Morgan fingerprint density at radius 2 is 1.75 bits per heavy atom. The maximum absolute atomic E-state index is 13.7. The molecular formula is C22H22F2N2O5S. The van der Waals surface area contributed by atoms with Crippen LogP contribution in [0.15, 0.2) is 58.4 Å². The first-order chi connectivity index (χ1) is 15.0. The summed E-state index contributed by atoms with van der Waals surface area (Å²) in [5.74, 6) is -2.52. The van der Waals surface area contributed by atoms with Gasteiger partial charge in [-0.3, -0.25) is 4.79 Å². The van der Waals surface area contributed by atoms with Gasteiger partial charge in [-0.15, -0.1) is 0 Å². The number of aromatic nitrogens is 2. The number of aliphatic hydroxyl groups is 1. The summed E-state index contributed by atoms with van der Waals surface area (Å²) in [7, 11) is -3.41. The predicted octanol–water partition coefficient (Wildman–Crippen LogP) is 2.98. The van der Waals surface area contributed by atoms with Crippen molar-refractivity contribution in [2.24, 2.45) is 5.92 Å². The van der Waals surface area contributed by atoms with Crippen molar-refractivity contribution in [1.29, 1.82) is 0 Å². The van der Waals surface area contributed by atoms with E-state index >= 15 is 0 Å². The smallest absolute Gasteiger partial charge is 0.314 e. The largest absolute Gasteiger partial charge is 0.485 e. The normalized spacial score (nSPS) is 12.7. The van der Waals surface area contributed by atoms with Gasteiger partial charge in [0.1, 0.15) is 6.61 Å². The Morgan fingerprint density at radius 1 is 1.09 bits per heavy atom. The van der Waals surface area contributed by atoms with Crippen molar-refractivity contribution in [1.82, 2.24) is 9.78 Å². The molecule has 0 spiro atoms. The molecule has 0 fully saturated rings. The first-order valence-corrected chi connectivity index (χ1v) is 11.6. The van der Waals surface area contributed by atoms with Gasteiger partial charge >= 0.3 is 5.56 Å². The minimum absolute atomic E-state index is 0.0119. The van der Waals surface area contributed by atoms with Gasteiger partial charge in [0.25, 0.3) is 0 Å². The maximum Gasteiger partial charge on any atom is 0.314 e. The van der Waals surface area contributed by atoms with Crippen molar-refractivity contribution < 1.29 is 27.0 Å². The summed E-state index contributed by atoms with van der Waals surface area (Å²) in [6, 6.07) is 8.67. The van der Waals surface area contributed by atoms with E-state index in [1.165, 1.54) is 36.5 Å². The van der Waals surface area contributed by atoms with E-state index in [4.69, 9.17) is 4.74 Å². The molecule has 0 radical (unpaired) electrons. The lowest BCUT2D eigenvalue weighted by Gasteiger charge is -2.18. The minimum atomic E-state index is -3.41. The van der Waals surface area contributed by atoms with Gasteiger partial charge in [-0.1, -0.05) is 26.0 Å². The van der Waals surface area contributed by atoms with E-state index < -0.39 is 33.1 Å². The number of rotatable bonds is 7. The molecule has 0 amide bonds. The molecule has 1 heterocycles. The third-order valence-corrected chi connectivity index (χ3v) is 5.97. The van der Waals surface area contributed by atoms with Crippen LogP contribution in [0.4, 0.5) is 8.78 Å². The number of hydrogen-bond acceptors (Lipinski definition) is 6. The highest BCUT2D eigenvalue weighted by Crippen LogP contribution is 2.28. The van der Waals surface area contributed by atoms with Gasteiger partial charge in [-0.25, -0.2) is 17.2 Å². The molecule has 0 saturated carbocycles. The van der Waals surface area contributed by atoms with Crippen LogP contribution in [-0.2, 0) is 9.84 Å². The molecule has 0 saturated heterocycles. The highest BCUT2D eigenvalue weighted by atomic mass is 32.2. The molecule has 0 aliphatic carbocycles. The van der Waals surface area contributed by atoms with Crippen molar-refractivity contribution in [2.75, 3.05) is 12.9 Å². The monoisotopic (exact) mass is 464 g/mol. The second kappa shape index (κ2) is 9.17. The predicted molar refractivity (Wildman–Crippen MR) is 115 cm³/mol. The fourth-order valence-electron chi connectivity index (χ4n) is 2.83. The van der Waals surface area contributed by atoms with Crippen molar-refractivity contribution >= 4 is 9.84 Å². The van der Waals surface area contributed by atoms with E-state index in [1.54, 1.807) is 13.8 Å². The van der Waals surface area contributed by atoms with Crippen LogP contribution in [0.2, 0.25) is 0 Å². The van der Waals surface area contributed by atoms with Crippen molar-refractivity contribution in [3.63, 3.8) is 0 Å². The molecule has 0 aliphatic rings. The number of halogens is 2. The Hall–Kier alpha value is -3.11. The summed E-state index contributed by atoms with van der Waals surface area (Å²) in [4.78, 5) is 13.2. The Kier molecular flexibility index (Phi) is 6.75. The quantitative estimate of drug-likeness (QED) is 0.577. The Balaban J connectivity index is 2.13. The van der Waals surface area contributed by atoms with E-state index in [0.717, 1.165) is 23.1 Å². The molecular weight excluding hydrogens is 442 g/mol. The lowest BCUT2D eigenvalue weighted by atomic mass is 10.1. The Labute approximate surface area is 183 Å². The number of ether oxygens (including phenoxy) is 1. The van der Waals surface area contributed by atoms with Crippen molar-refractivity contribution in [3.05, 3.63) is 70.6 Å². The van der Waals surface area contributed by atoms with Crippen LogP contribution in [0, 0.1) is 17.6 Å². The Bertz CT molecular complexity index is 1290. The highest BCUT2D eigenvalue weighted by molar-refractivity contribution is 7.90. The number of benzene rings is 2. The number of nitrogens with zero attached hydrogens (tertiary/aromatic N) is 2. The SMILES string of the molecule is CC(C)[C@H](O)COc1c(-c2ccc(S(C)(=O)=O)cc2)cnn(-c2ccc(F)c(F)c2)c1=O. The van der Waals surface area contributed by atoms with E-state index in [2.05, 4.69) is 5.10 Å². The first kappa shape index (κ1) is 23.6. The number of aliphatic hydroxyl groups excluding tert-OH is 1. The van der Waals surface area contributed by atoms with Gasteiger partial charge in [-0.2, -0.15) is 9.78 Å². The molecule has 170 valence electrons. The van der Waals surface area contributed by atoms with E-state index in [9.17, 15) is 27.1 Å². The van der Waals surface area contributed by atoms with Crippen LogP contribution in [0.25, 0.3) is 16.8 Å². The molecule has 10 heteroatoms. The second-order valence-corrected chi connectivity index (χ2v) is 9.64. The molecule has 2 aromatic carbocycles.